The molecule has 172 valence electrons. The number of nitrogens with zero attached hydrogens (tertiary/aromatic N) is 2. The van der Waals surface area contributed by atoms with E-state index < -0.39 is 12.0 Å². The van der Waals surface area contributed by atoms with E-state index >= 15 is 0 Å². The number of rotatable bonds is 6. The lowest BCUT2D eigenvalue weighted by Gasteiger charge is -2.23. The summed E-state index contributed by atoms with van der Waals surface area (Å²) >= 11 is 5.91. The van der Waals surface area contributed by atoms with E-state index in [4.69, 9.17) is 21.1 Å². The number of imide groups is 1. The number of carbonyl (C=O) groups is 2. The van der Waals surface area contributed by atoms with Crippen molar-refractivity contribution in [3.8, 4) is 11.5 Å². The van der Waals surface area contributed by atoms with E-state index in [1.165, 1.54) is 0 Å². The zero-order valence-electron chi connectivity index (χ0n) is 18.8. The van der Waals surface area contributed by atoms with Crippen LogP contribution in [0.25, 0.3) is 10.9 Å². The maximum Gasteiger partial charge on any atom is 0.421 e. The highest BCUT2D eigenvalue weighted by Crippen LogP contribution is 2.28. The van der Waals surface area contributed by atoms with Crippen LogP contribution in [0.1, 0.15) is 19.4 Å². The molecule has 6 nitrogen and oxygen atoms in total. The van der Waals surface area contributed by atoms with Crippen LogP contribution in [0.15, 0.2) is 85.1 Å². The quantitative estimate of drug-likeness (QED) is 0.307. The molecule has 0 bridgehead atoms. The van der Waals surface area contributed by atoms with E-state index in [0.717, 1.165) is 10.5 Å². The van der Waals surface area contributed by atoms with E-state index in [1.54, 1.807) is 74.6 Å². The average molecular weight is 475 g/mol. The van der Waals surface area contributed by atoms with Gasteiger partial charge in [-0.05, 0) is 67.9 Å². The third-order valence-corrected chi connectivity index (χ3v) is 5.22. The van der Waals surface area contributed by atoms with Gasteiger partial charge in [0, 0.05) is 16.6 Å². The molecule has 0 saturated heterocycles. The van der Waals surface area contributed by atoms with Crippen molar-refractivity contribution in [3.05, 3.63) is 95.6 Å². The van der Waals surface area contributed by atoms with Crippen molar-refractivity contribution in [2.24, 2.45) is 0 Å². The molecule has 0 atom stereocenters. The molecule has 0 N–H and O–H groups in total. The van der Waals surface area contributed by atoms with Crippen molar-refractivity contribution in [1.29, 1.82) is 0 Å². The van der Waals surface area contributed by atoms with Gasteiger partial charge in [0.05, 0.1) is 23.7 Å². The minimum atomic E-state index is -0.723. The molecule has 0 radical (unpaired) electrons. The predicted molar refractivity (Wildman–Crippen MR) is 133 cm³/mol. The van der Waals surface area contributed by atoms with Gasteiger partial charge >= 0.3 is 6.09 Å². The van der Waals surface area contributed by atoms with Crippen LogP contribution in [0, 0.1) is 0 Å². The first kappa shape index (κ1) is 23.3. The third kappa shape index (κ3) is 5.53. The summed E-state index contributed by atoms with van der Waals surface area (Å²) in [6.45, 7) is 3.48. The van der Waals surface area contributed by atoms with E-state index in [1.807, 2.05) is 24.3 Å². The zero-order valence-corrected chi connectivity index (χ0v) is 19.5. The maximum absolute atomic E-state index is 13.3. The number of amides is 2. The summed E-state index contributed by atoms with van der Waals surface area (Å²) in [6.07, 6.45) is 0.480. The number of anilines is 1. The van der Waals surface area contributed by atoms with Gasteiger partial charge in [0.1, 0.15) is 11.5 Å². The first-order valence-corrected chi connectivity index (χ1v) is 11.2. The summed E-state index contributed by atoms with van der Waals surface area (Å²) < 4.78 is 11.2. The summed E-state index contributed by atoms with van der Waals surface area (Å²) in [5.41, 5.74) is 1.84. The van der Waals surface area contributed by atoms with Crippen LogP contribution in [0.2, 0.25) is 5.02 Å². The number of pyridine rings is 1. The molecule has 34 heavy (non-hydrogen) atoms. The Morgan fingerprint density at radius 2 is 1.56 bits per heavy atom. The number of aromatic nitrogens is 1. The van der Waals surface area contributed by atoms with Gasteiger partial charge in [-0.1, -0.05) is 41.9 Å². The highest BCUT2D eigenvalue weighted by atomic mass is 35.5. The van der Waals surface area contributed by atoms with Crippen molar-refractivity contribution < 1.29 is 19.1 Å². The number of hydrogen-bond donors (Lipinski definition) is 0. The Morgan fingerprint density at radius 1 is 0.912 bits per heavy atom. The van der Waals surface area contributed by atoms with Crippen LogP contribution >= 0.6 is 11.6 Å². The molecule has 7 heteroatoms. The van der Waals surface area contributed by atoms with Crippen molar-refractivity contribution in [1.82, 2.24) is 4.98 Å². The lowest BCUT2D eigenvalue weighted by molar-refractivity contribution is -0.117. The number of fused-ring (bicyclic) bond motifs is 1. The summed E-state index contributed by atoms with van der Waals surface area (Å²) in [5, 5.41) is 1.31. The van der Waals surface area contributed by atoms with Gasteiger partial charge in [0.25, 0.3) is 0 Å². The molecule has 0 saturated carbocycles. The molecule has 0 unspecified atom stereocenters. The molecule has 2 amide bonds. The smallest absolute Gasteiger partial charge is 0.421 e. The van der Waals surface area contributed by atoms with Gasteiger partial charge < -0.3 is 9.47 Å². The monoisotopic (exact) mass is 474 g/mol. The first-order chi connectivity index (χ1) is 16.4. The number of carbonyl (C=O) groups excluding carboxylic acids is 2. The molecule has 0 spiro atoms. The first-order valence-electron chi connectivity index (χ1n) is 10.8. The second-order valence-corrected chi connectivity index (χ2v) is 8.32. The second-order valence-electron chi connectivity index (χ2n) is 7.89. The normalized spacial score (nSPS) is 10.8. The second kappa shape index (κ2) is 10.4. The third-order valence-electron chi connectivity index (χ3n) is 4.96. The fraction of sp³-hybridized carbons (Fsp3) is 0.148. The largest absolute Gasteiger partial charge is 0.457 e. The Bertz CT molecular complexity index is 1300. The fourth-order valence-electron chi connectivity index (χ4n) is 3.43. The van der Waals surface area contributed by atoms with Crippen LogP contribution < -0.4 is 9.64 Å². The molecular weight excluding hydrogens is 452 g/mol. The Kier molecular flexibility index (Phi) is 7.09. The van der Waals surface area contributed by atoms with E-state index in [0.29, 0.717) is 33.1 Å². The lowest BCUT2D eigenvalue weighted by atomic mass is 10.1. The van der Waals surface area contributed by atoms with E-state index in [9.17, 15) is 9.59 Å². The summed E-state index contributed by atoms with van der Waals surface area (Å²) in [6, 6.07) is 23.2. The predicted octanol–water partition coefficient (Wildman–Crippen LogP) is 6.80. The van der Waals surface area contributed by atoms with Gasteiger partial charge in [-0.15, -0.1) is 0 Å². The molecule has 0 aliphatic heterocycles. The van der Waals surface area contributed by atoms with Crippen molar-refractivity contribution >= 4 is 40.2 Å². The Labute approximate surface area is 202 Å². The van der Waals surface area contributed by atoms with Crippen LogP contribution in [0.3, 0.4) is 0 Å². The number of benzene rings is 3. The van der Waals surface area contributed by atoms with Gasteiger partial charge in [-0.3, -0.25) is 9.78 Å². The molecule has 1 aromatic heterocycles. The molecule has 0 aliphatic carbocycles. The average Bonchev–Trinajstić information content (AvgIpc) is 2.82. The molecule has 4 aromatic rings. The van der Waals surface area contributed by atoms with Crippen molar-refractivity contribution in [3.63, 3.8) is 0 Å². The maximum atomic E-state index is 13.3. The topological polar surface area (TPSA) is 68.7 Å². The van der Waals surface area contributed by atoms with E-state index in [2.05, 4.69) is 4.98 Å². The van der Waals surface area contributed by atoms with Crippen molar-refractivity contribution in [2.45, 2.75) is 26.4 Å². The minimum Gasteiger partial charge on any atom is -0.457 e. The molecule has 0 fully saturated rings. The molecule has 0 aliphatic rings. The van der Waals surface area contributed by atoms with Crippen LogP contribution in [-0.2, 0) is 16.0 Å². The number of halogens is 1. The van der Waals surface area contributed by atoms with Gasteiger partial charge in [-0.25, -0.2) is 9.69 Å². The molecular formula is C27H23ClN2O4. The SMILES string of the molecule is CC(C)OC(=O)N(C(=O)Cc1ccc(Oc2ccc(Cl)cc2)cc1)c1ccnc2ccccc12. The lowest BCUT2D eigenvalue weighted by Crippen LogP contribution is -2.39. The van der Waals surface area contributed by atoms with Gasteiger partial charge in [0.2, 0.25) is 5.91 Å². The van der Waals surface area contributed by atoms with Crippen LogP contribution in [0.4, 0.5) is 10.5 Å². The van der Waals surface area contributed by atoms with Crippen LogP contribution in [-0.4, -0.2) is 23.1 Å². The van der Waals surface area contributed by atoms with Gasteiger partial charge in [-0.2, -0.15) is 0 Å². The Balaban J connectivity index is 1.57. The molecule has 1 heterocycles. The number of para-hydroxylation sites is 1. The highest BCUT2D eigenvalue weighted by Gasteiger charge is 2.27. The summed E-state index contributed by atoms with van der Waals surface area (Å²) in [5.74, 6) is 0.864. The standard InChI is InChI=1S/C27H23ClN2O4/c1-18(2)33-27(32)30(25-15-16-29-24-6-4-3-5-23(24)25)26(31)17-19-7-11-21(12-8-19)34-22-13-9-20(28)10-14-22/h3-16,18H,17H2,1-2H3. The zero-order chi connectivity index (χ0) is 24.1. The van der Waals surface area contributed by atoms with Crippen LogP contribution in [0.5, 0.6) is 11.5 Å². The highest BCUT2D eigenvalue weighted by molar-refractivity contribution is 6.30. The fourth-order valence-corrected chi connectivity index (χ4v) is 3.56. The number of ether oxygens (including phenoxy) is 2. The van der Waals surface area contributed by atoms with Gasteiger partial charge in [0.15, 0.2) is 0 Å². The number of hydrogen-bond acceptors (Lipinski definition) is 5. The molecule has 3 aromatic carbocycles. The van der Waals surface area contributed by atoms with Crippen molar-refractivity contribution in [2.75, 3.05) is 4.90 Å². The van der Waals surface area contributed by atoms with E-state index in [-0.39, 0.29) is 12.5 Å². The Hall–Kier alpha value is -3.90. The summed E-state index contributed by atoms with van der Waals surface area (Å²) in [4.78, 5) is 31.7. The molecule has 4 rings (SSSR count). The Morgan fingerprint density at radius 3 is 2.24 bits per heavy atom. The minimum absolute atomic E-state index is 0.00503. The summed E-state index contributed by atoms with van der Waals surface area (Å²) in [7, 11) is 0.